The van der Waals surface area contributed by atoms with E-state index in [2.05, 4.69) is 9.97 Å². The zero-order chi connectivity index (χ0) is 15.4. The van der Waals surface area contributed by atoms with E-state index in [1.54, 1.807) is 12.1 Å². The van der Waals surface area contributed by atoms with Crippen LogP contribution in [0.1, 0.15) is 18.2 Å². The number of hydrogen-bond acceptors (Lipinski definition) is 4. The first kappa shape index (κ1) is 15.4. The lowest BCUT2D eigenvalue weighted by Gasteiger charge is -2.10. The van der Waals surface area contributed by atoms with E-state index in [0.29, 0.717) is 16.4 Å². The summed E-state index contributed by atoms with van der Waals surface area (Å²) in [6, 6.07) is 5.94. The lowest BCUT2D eigenvalue weighted by molar-refractivity contribution is -0.133. The van der Waals surface area contributed by atoms with Crippen molar-refractivity contribution in [1.29, 1.82) is 0 Å². The molecule has 0 unspecified atom stereocenters. The maximum Gasteiger partial charge on any atom is 0.313 e. The molecule has 21 heavy (non-hydrogen) atoms. The Bertz CT molecular complexity index is 659. The molecular formula is C15H15FN2O2S. The molecule has 1 N–H and O–H groups in total. The fourth-order valence-corrected chi connectivity index (χ4v) is 2.63. The third-order valence-electron chi connectivity index (χ3n) is 2.97. The van der Waals surface area contributed by atoms with Gasteiger partial charge in [-0.3, -0.25) is 4.79 Å². The smallest absolute Gasteiger partial charge is 0.313 e. The number of aliphatic carboxylic acids is 1. The van der Waals surface area contributed by atoms with Crippen LogP contribution in [0.25, 0.3) is 11.4 Å². The van der Waals surface area contributed by atoms with Crippen molar-refractivity contribution >= 4 is 17.7 Å². The van der Waals surface area contributed by atoms with Gasteiger partial charge in [-0.05, 0) is 37.6 Å². The van der Waals surface area contributed by atoms with E-state index in [-0.39, 0.29) is 11.6 Å². The fourth-order valence-electron chi connectivity index (χ4n) is 1.88. The molecule has 0 aliphatic rings. The minimum Gasteiger partial charge on any atom is -0.481 e. The summed E-state index contributed by atoms with van der Waals surface area (Å²) in [7, 11) is 0. The Hall–Kier alpha value is -1.95. The van der Waals surface area contributed by atoms with Gasteiger partial charge in [-0.15, -0.1) is 0 Å². The Kier molecular flexibility index (Phi) is 4.90. The number of aromatic nitrogens is 2. The summed E-state index contributed by atoms with van der Waals surface area (Å²) in [6.07, 6.45) is 0.725. The number of thioether (sulfide) groups is 1. The van der Waals surface area contributed by atoms with Gasteiger partial charge in [-0.25, -0.2) is 14.4 Å². The molecule has 0 amide bonds. The van der Waals surface area contributed by atoms with Gasteiger partial charge in [0, 0.05) is 16.8 Å². The molecule has 0 radical (unpaired) electrons. The highest BCUT2D eigenvalue weighted by Gasteiger charge is 2.13. The van der Waals surface area contributed by atoms with Gasteiger partial charge in [-0.2, -0.15) is 0 Å². The van der Waals surface area contributed by atoms with Crippen molar-refractivity contribution in [2.75, 3.05) is 5.75 Å². The molecule has 2 aromatic rings. The normalized spacial score (nSPS) is 10.6. The second-order valence-corrected chi connectivity index (χ2v) is 5.43. The number of carboxylic acid groups (broad SMARTS) is 1. The number of carboxylic acids is 1. The first-order chi connectivity index (χ1) is 10.0. The van der Waals surface area contributed by atoms with Crippen molar-refractivity contribution in [3.05, 3.63) is 41.3 Å². The number of hydrogen-bond donors (Lipinski definition) is 1. The van der Waals surface area contributed by atoms with Crippen molar-refractivity contribution in [3.63, 3.8) is 0 Å². The van der Waals surface area contributed by atoms with E-state index in [4.69, 9.17) is 5.11 Å². The van der Waals surface area contributed by atoms with E-state index in [9.17, 15) is 9.18 Å². The van der Waals surface area contributed by atoms with Crippen LogP contribution < -0.4 is 0 Å². The summed E-state index contributed by atoms with van der Waals surface area (Å²) in [5.41, 5.74) is 2.48. The van der Waals surface area contributed by atoms with Gasteiger partial charge in [-0.1, -0.05) is 18.7 Å². The van der Waals surface area contributed by atoms with E-state index < -0.39 is 5.97 Å². The highest BCUT2D eigenvalue weighted by molar-refractivity contribution is 7.99. The van der Waals surface area contributed by atoms with E-state index in [1.807, 2.05) is 13.8 Å². The molecule has 0 saturated carbocycles. The number of carbonyl (C=O) groups is 1. The van der Waals surface area contributed by atoms with E-state index in [1.165, 1.54) is 23.9 Å². The molecule has 0 saturated heterocycles. The lowest BCUT2D eigenvalue weighted by atomic mass is 10.1. The molecule has 110 valence electrons. The number of nitrogens with zero attached hydrogens (tertiary/aromatic N) is 2. The minimum absolute atomic E-state index is 0.0517. The summed E-state index contributed by atoms with van der Waals surface area (Å²) < 4.78 is 13.0. The highest BCUT2D eigenvalue weighted by Crippen LogP contribution is 2.26. The SMILES string of the molecule is CCc1nc(-c2ccc(F)cc2)nc(SCC(=O)O)c1C. The molecule has 0 spiro atoms. The summed E-state index contributed by atoms with van der Waals surface area (Å²) in [6.45, 7) is 3.87. The van der Waals surface area contributed by atoms with Crippen LogP contribution in [-0.4, -0.2) is 26.8 Å². The number of aryl methyl sites for hydroxylation is 1. The maximum absolute atomic E-state index is 13.0. The monoisotopic (exact) mass is 306 g/mol. The molecule has 2 rings (SSSR count). The summed E-state index contributed by atoms with van der Waals surface area (Å²) in [5.74, 6) is -0.768. The van der Waals surface area contributed by atoms with Crippen LogP contribution in [-0.2, 0) is 11.2 Å². The standard InChI is InChI=1S/C15H15FN2O2S/c1-3-12-9(2)15(21-8-13(19)20)18-14(17-12)10-4-6-11(16)7-5-10/h4-7H,3,8H2,1-2H3,(H,19,20). The largest absolute Gasteiger partial charge is 0.481 e. The summed E-state index contributed by atoms with van der Waals surface area (Å²) in [4.78, 5) is 19.6. The van der Waals surface area contributed by atoms with Gasteiger partial charge in [0.2, 0.25) is 0 Å². The number of rotatable bonds is 5. The van der Waals surface area contributed by atoms with Crippen LogP contribution in [0, 0.1) is 12.7 Å². The Morgan fingerprint density at radius 1 is 1.29 bits per heavy atom. The van der Waals surface area contributed by atoms with Gasteiger partial charge >= 0.3 is 5.97 Å². The van der Waals surface area contributed by atoms with Crippen molar-refractivity contribution < 1.29 is 14.3 Å². The van der Waals surface area contributed by atoms with Crippen LogP contribution in [0.4, 0.5) is 4.39 Å². The van der Waals surface area contributed by atoms with Crippen molar-refractivity contribution in [2.45, 2.75) is 25.3 Å². The lowest BCUT2D eigenvalue weighted by Crippen LogP contribution is -2.04. The molecule has 0 atom stereocenters. The average molecular weight is 306 g/mol. The molecule has 0 bridgehead atoms. The molecule has 4 nitrogen and oxygen atoms in total. The summed E-state index contributed by atoms with van der Waals surface area (Å²) in [5, 5.41) is 9.46. The van der Waals surface area contributed by atoms with Gasteiger partial charge < -0.3 is 5.11 Å². The Balaban J connectivity index is 2.44. The average Bonchev–Trinajstić information content (AvgIpc) is 2.47. The van der Waals surface area contributed by atoms with Crippen LogP contribution >= 0.6 is 11.8 Å². The zero-order valence-corrected chi connectivity index (χ0v) is 12.6. The van der Waals surface area contributed by atoms with Gasteiger partial charge in [0.05, 0.1) is 5.75 Å². The van der Waals surface area contributed by atoms with Gasteiger partial charge in [0.15, 0.2) is 5.82 Å². The number of benzene rings is 1. The molecular weight excluding hydrogens is 291 g/mol. The van der Waals surface area contributed by atoms with Crippen LogP contribution in [0.2, 0.25) is 0 Å². The molecule has 1 heterocycles. The van der Waals surface area contributed by atoms with Crippen molar-refractivity contribution in [1.82, 2.24) is 9.97 Å². The minimum atomic E-state index is -0.889. The van der Waals surface area contributed by atoms with E-state index in [0.717, 1.165) is 17.7 Å². The van der Waals surface area contributed by atoms with Crippen LogP contribution in [0.3, 0.4) is 0 Å². The van der Waals surface area contributed by atoms with Gasteiger partial charge in [0.1, 0.15) is 10.8 Å². The highest BCUT2D eigenvalue weighted by atomic mass is 32.2. The quantitative estimate of drug-likeness (QED) is 0.678. The molecule has 0 fully saturated rings. The maximum atomic E-state index is 13.0. The second-order valence-electron chi connectivity index (χ2n) is 4.47. The van der Waals surface area contributed by atoms with Crippen LogP contribution in [0.5, 0.6) is 0 Å². The molecule has 1 aromatic carbocycles. The zero-order valence-electron chi connectivity index (χ0n) is 11.8. The third-order valence-corrected chi connectivity index (χ3v) is 4.03. The third kappa shape index (κ3) is 3.78. The first-order valence-electron chi connectivity index (χ1n) is 6.49. The molecule has 0 aliphatic heterocycles. The number of halogens is 1. The topological polar surface area (TPSA) is 63.1 Å². The van der Waals surface area contributed by atoms with Gasteiger partial charge in [0.25, 0.3) is 0 Å². The van der Waals surface area contributed by atoms with E-state index >= 15 is 0 Å². The Morgan fingerprint density at radius 3 is 2.52 bits per heavy atom. The van der Waals surface area contributed by atoms with Crippen LogP contribution in [0.15, 0.2) is 29.3 Å². The fraction of sp³-hybridized carbons (Fsp3) is 0.267. The summed E-state index contributed by atoms with van der Waals surface area (Å²) >= 11 is 1.17. The predicted molar refractivity (Wildman–Crippen MR) is 79.9 cm³/mol. The molecule has 0 aliphatic carbocycles. The predicted octanol–water partition coefficient (Wildman–Crippen LogP) is 3.33. The van der Waals surface area contributed by atoms with Crippen molar-refractivity contribution in [2.24, 2.45) is 0 Å². The Labute approximate surface area is 126 Å². The molecule has 1 aromatic heterocycles. The second kappa shape index (κ2) is 6.67. The molecule has 6 heteroatoms. The first-order valence-corrected chi connectivity index (χ1v) is 7.48. The Morgan fingerprint density at radius 2 is 1.95 bits per heavy atom. The van der Waals surface area contributed by atoms with Crippen molar-refractivity contribution in [3.8, 4) is 11.4 Å².